The lowest BCUT2D eigenvalue weighted by molar-refractivity contribution is 0.103. The largest absolute Gasteiger partial charge is 0.493 e. The van der Waals surface area contributed by atoms with E-state index < -0.39 is 15.6 Å². The highest BCUT2D eigenvalue weighted by Gasteiger charge is 2.27. The second-order valence-electron chi connectivity index (χ2n) is 6.31. The molecule has 0 aliphatic heterocycles. The van der Waals surface area contributed by atoms with Crippen molar-refractivity contribution in [3.63, 3.8) is 0 Å². The average molecular weight is 423 g/mol. The number of aromatic nitrogens is 4. The molecule has 0 unspecified atom stereocenters. The van der Waals surface area contributed by atoms with Crippen LogP contribution in [0, 0.1) is 6.92 Å². The predicted octanol–water partition coefficient (Wildman–Crippen LogP) is 2.45. The van der Waals surface area contributed by atoms with Crippen molar-refractivity contribution < 1.29 is 18.3 Å². The summed E-state index contributed by atoms with van der Waals surface area (Å²) in [5.41, 5.74) is 0.756. The lowest BCUT2D eigenvalue weighted by Crippen LogP contribution is -2.12. The Hall–Kier alpha value is -2.65. The molecule has 148 valence electrons. The molecule has 2 aromatic heterocycles. The molecule has 0 spiro atoms. The average Bonchev–Trinajstić information content (AvgIpc) is 3.22. The Bertz CT molecular complexity index is 1150. The van der Waals surface area contributed by atoms with Gasteiger partial charge in [0.1, 0.15) is 5.56 Å². The number of halogens is 1. The molecule has 0 aliphatic rings. The third-order valence-electron chi connectivity index (χ3n) is 4.35. The number of hydrogen-bond acceptors (Lipinski definition) is 6. The molecule has 0 saturated carbocycles. The van der Waals surface area contributed by atoms with Crippen molar-refractivity contribution in [3.05, 3.63) is 58.0 Å². The first-order valence-electron chi connectivity index (χ1n) is 8.45. The van der Waals surface area contributed by atoms with E-state index >= 15 is 0 Å². The molecular weight excluding hydrogens is 404 g/mol. The second-order valence-corrected chi connectivity index (χ2v) is 8.67. The van der Waals surface area contributed by atoms with Crippen LogP contribution in [0.5, 0.6) is 5.88 Å². The van der Waals surface area contributed by atoms with Gasteiger partial charge in [-0.2, -0.15) is 10.2 Å². The molecule has 0 aliphatic carbocycles. The van der Waals surface area contributed by atoms with Gasteiger partial charge in [-0.05, 0) is 32.0 Å². The van der Waals surface area contributed by atoms with Crippen molar-refractivity contribution in [2.75, 3.05) is 6.26 Å². The van der Waals surface area contributed by atoms with E-state index in [1.165, 1.54) is 21.5 Å². The smallest absolute Gasteiger partial charge is 0.221 e. The van der Waals surface area contributed by atoms with Gasteiger partial charge in [-0.25, -0.2) is 13.1 Å². The minimum atomic E-state index is -3.59. The molecule has 0 bridgehead atoms. The van der Waals surface area contributed by atoms with Crippen LogP contribution in [0.4, 0.5) is 0 Å². The number of carbonyl (C=O) groups excluding carboxylic acids is 1. The molecule has 1 aromatic carbocycles. The Balaban J connectivity index is 2.18. The van der Waals surface area contributed by atoms with Gasteiger partial charge in [0, 0.05) is 36.3 Å². The number of hydrogen-bond donors (Lipinski definition) is 1. The zero-order chi connectivity index (χ0) is 20.6. The van der Waals surface area contributed by atoms with Gasteiger partial charge in [0.2, 0.25) is 11.7 Å². The van der Waals surface area contributed by atoms with Crippen molar-refractivity contribution in [2.45, 2.75) is 31.8 Å². The summed E-state index contributed by atoms with van der Waals surface area (Å²) in [5.74, 6) is -0.775. The maximum atomic E-state index is 13.1. The highest BCUT2D eigenvalue weighted by molar-refractivity contribution is 7.90. The molecule has 0 atom stereocenters. The minimum absolute atomic E-state index is 0.00599. The summed E-state index contributed by atoms with van der Waals surface area (Å²) in [6, 6.07) is 4.41. The maximum absolute atomic E-state index is 13.1. The van der Waals surface area contributed by atoms with Crippen LogP contribution in [0.15, 0.2) is 35.5 Å². The molecule has 1 N–H and O–H groups in total. The maximum Gasteiger partial charge on any atom is 0.221 e. The third kappa shape index (κ3) is 3.55. The van der Waals surface area contributed by atoms with Crippen LogP contribution in [0.25, 0.3) is 0 Å². The lowest BCUT2D eigenvalue weighted by atomic mass is 10.0. The number of aryl methyl sites for hydroxylation is 2. The van der Waals surface area contributed by atoms with E-state index in [9.17, 15) is 18.3 Å². The van der Waals surface area contributed by atoms with Crippen molar-refractivity contribution in [1.29, 1.82) is 0 Å². The number of carbonyl (C=O) groups is 1. The quantitative estimate of drug-likeness (QED) is 0.611. The Morgan fingerprint density at radius 2 is 2.04 bits per heavy atom. The van der Waals surface area contributed by atoms with Gasteiger partial charge in [-0.15, -0.1) is 0 Å². The van der Waals surface area contributed by atoms with Crippen LogP contribution in [-0.4, -0.2) is 45.1 Å². The van der Waals surface area contributed by atoms with Gasteiger partial charge in [0.25, 0.3) is 0 Å². The summed E-state index contributed by atoms with van der Waals surface area (Å²) in [7, 11) is -3.59. The number of nitrogens with zero attached hydrogens (tertiary/aromatic N) is 4. The van der Waals surface area contributed by atoms with Gasteiger partial charge in [0.05, 0.1) is 22.2 Å². The van der Waals surface area contributed by atoms with Crippen molar-refractivity contribution >= 4 is 27.2 Å². The van der Waals surface area contributed by atoms with E-state index in [0.29, 0.717) is 12.2 Å². The summed E-state index contributed by atoms with van der Waals surface area (Å²) >= 11 is 6.49. The molecule has 10 heteroatoms. The fraction of sp³-hybridized carbons (Fsp3) is 0.278. The molecule has 2 heterocycles. The summed E-state index contributed by atoms with van der Waals surface area (Å²) in [6.07, 6.45) is 4.30. The van der Waals surface area contributed by atoms with E-state index in [2.05, 4.69) is 10.2 Å². The van der Waals surface area contributed by atoms with Gasteiger partial charge in [-0.1, -0.05) is 11.6 Å². The van der Waals surface area contributed by atoms with Gasteiger partial charge < -0.3 is 5.11 Å². The van der Waals surface area contributed by atoms with E-state index in [-0.39, 0.29) is 39.0 Å². The Labute approximate surface area is 167 Å². The number of sulfone groups is 1. The SMILES string of the molecule is CCn1nc(C)c(C(=O)c2ccc(S(C)(=O)=O)c(Cn3cccn3)c2Cl)c1O. The fourth-order valence-electron chi connectivity index (χ4n) is 3.02. The Morgan fingerprint density at radius 1 is 1.32 bits per heavy atom. The van der Waals surface area contributed by atoms with E-state index in [0.717, 1.165) is 6.26 Å². The van der Waals surface area contributed by atoms with Crippen LogP contribution in [0.2, 0.25) is 5.02 Å². The minimum Gasteiger partial charge on any atom is -0.493 e. The molecule has 0 saturated heterocycles. The summed E-state index contributed by atoms with van der Waals surface area (Å²) in [5, 5.41) is 18.5. The van der Waals surface area contributed by atoms with Crippen molar-refractivity contribution in [1.82, 2.24) is 19.6 Å². The number of benzene rings is 1. The first-order chi connectivity index (χ1) is 13.1. The normalized spacial score (nSPS) is 11.7. The lowest BCUT2D eigenvalue weighted by Gasteiger charge is -2.14. The third-order valence-corrected chi connectivity index (χ3v) is 5.96. The number of ketones is 1. The molecule has 3 aromatic rings. The first-order valence-corrected chi connectivity index (χ1v) is 10.7. The van der Waals surface area contributed by atoms with Crippen LogP contribution in [0.1, 0.15) is 34.1 Å². The summed E-state index contributed by atoms with van der Waals surface area (Å²) < 4.78 is 27.2. The molecule has 0 fully saturated rings. The second kappa shape index (κ2) is 7.40. The van der Waals surface area contributed by atoms with E-state index in [4.69, 9.17) is 11.6 Å². The van der Waals surface area contributed by atoms with Crippen LogP contribution in [0.3, 0.4) is 0 Å². The number of aromatic hydroxyl groups is 1. The van der Waals surface area contributed by atoms with E-state index in [1.54, 1.807) is 32.3 Å². The standard InChI is InChI=1S/C18H19ClN4O4S/c1-4-23-18(25)15(11(2)21-23)17(24)12-6-7-14(28(3,26)27)13(16(12)19)10-22-9-5-8-20-22/h5-9,25H,4,10H2,1-3H3. The topological polar surface area (TPSA) is 107 Å². The molecule has 3 rings (SSSR count). The fourth-order valence-corrected chi connectivity index (χ4v) is 4.32. The van der Waals surface area contributed by atoms with Crippen LogP contribution < -0.4 is 0 Å². The summed E-state index contributed by atoms with van der Waals surface area (Å²) in [6.45, 7) is 3.87. The van der Waals surface area contributed by atoms with Gasteiger partial charge in [-0.3, -0.25) is 9.48 Å². The van der Waals surface area contributed by atoms with Crippen molar-refractivity contribution in [3.8, 4) is 5.88 Å². The van der Waals surface area contributed by atoms with Crippen LogP contribution >= 0.6 is 11.6 Å². The molecule has 0 amide bonds. The molecule has 8 nitrogen and oxygen atoms in total. The monoisotopic (exact) mass is 422 g/mol. The molecular formula is C18H19ClN4O4S. The van der Waals surface area contributed by atoms with Crippen molar-refractivity contribution in [2.24, 2.45) is 0 Å². The molecule has 0 radical (unpaired) electrons. The van der Waals surface area contributed by atoms with E-state index in [1.807, 2.05) is 0 Å². The summed E-state index contributed by atoms with van der Waals surface area (Å²) in [4.78, 5) is 13.1. The Morgan fingerprint density at radius 3 is 2.57 bits per heavy atom. The zero-order valence-corrected chi connectivity index (χ0v) is 17.1. The molecule has 28 heavy (non-hydrogen) atoms. The number of rotatable bonds is 6. The van der Waals surface area contributed by atoms with Gasteiger partial charge >= 0.3 is 0 Å². The first kappa shape index (κ1) is 20.1. The highest BCUT2D eigenvalue weighted by Crippen LogP contribution is 2.32. The Kier molecular flexibility index (Phi) is 5.31. The van der Waals surface area contributed by atoms with Gasteiger partial charge in [0.15, 0.2) is 9.84 Å². The highest BCUT2D eigenvalue weighted by atomic mass is 35.5. The zero-order valence-electron chi connectivity index (χ0n) is 15.5. The predicted molar refractivity (Wildman–Crippen MR) is 104 cm³/mol. The van der Waals surface area contributed by atoms with Crippen LogP contribution in [-0.2, 0) is 22.9 Å².